The second kappa shape index (κ2) is 5.95. The van der Waals surface area contributed by atoms with Crippen molar-refractivity contribution in [3.63, 3.8) is 0 Å². The van der Waals surface area contributed by atoms with Crippen molar-refractivity contribution in [2.24, 2.45) is 5.92 Å². The van der Waals surface area contributed by atoms with Crippen LogP contribution in [-0.4, -0.2) is 20.1 Å². The molecule has 0 radical (unpaired) electrons. The highest BCUT2D eigenvalue weighted by molar-refractivity contribution is 5.93. The Morgan fingerprint density at radius 3 is 2.32 bits per heavy atom. The number of hydrogen-bond donors (Lipinski definition) is 1. The lowest BCUT2D eigenvalue weighted by atomic mass is 10.1. The number of nitrogens with one attached hydrogen (secondary N) is 1. The first-order chi connectivity index (χ1) is 9.15. The zero-order chi connectivity index (χ0) is 13.8. The molecule has 0 spiro atoms. The Hall–Kier alpha value is -1.71. The fourth-order valence-electron chi connectivity index (χ4n) is 2.54. The van der Waals surface area contributed by atoms with Crippen LogP contribution in [0.25, 0.3) is 0 Å². The third kappa shape index (κ3) is 3.00. The number of amides is 1. The maximum absolute atomic E-state index is 12.1. The third-order valence-corrected chi connectivity index (χ3v) is 3.71. The summed E-state index contributed by atoms with van der Waals surface area (Å²) >= 11 is 0. The SMILES string of the molecule is COc1cc(C)c(NC(=O)C2CCCC2)cc1OC. The van der Waals surface area contributed by atoms with Gasteiger partial charge in [0.2, 0.25) is 5.91 Å². The number of anilines is 1. The maximum atomic E-state index is 12.1. The van der Waals surface area contributed by atoms with Gasteiger partial charge < -0.3 is 14.8 Å². The molecule has 0 heterocycles. The van der Waals surface area contributed by atoms with Crippen LogP contribution in [0, 0.1) is 12.8 Å². The van der Waals surface area contributed by atoms with E-state index in [2.05, 4.69) is 5.32 Å². The molecule has 1 fully saturated rings. The summed E-state index contributed by atoms with van der Waals surface area (Å²) in [4.78, 5) is 12.1. The molecular formula is C15H21NO3. The molecule has 104 valence electrons. The van der Waals surface area contributed by atoms with Gasteiger partial charge in [-0.15, -0.1) is 0 Å². The van der Waals surface area contributed by atoms with Crippen LogP contribution in [-0.2, 0) is 4.79 Å². The van der Waals surface area contributed by atoms with Crippen LogP contribution in [0.1, 0.15) is 31.2 Å². The minimum atomic E-state index is 0.118. The monoisotopic (exact) mass is 263 g/mol. The number of hydrogen-bond acceptors (Lipinski definition) is 3. The number of ether oxygens (including phenoxy) is 2. The first kappa shape index (κ1) is 13.7. The van der Waals surface area contributed by atoms with Crippen molar-refractivity contribution in [2.75, 3.05) is 19.5 Å². The molecule has 0 unspecified atom stereocenters. The normalized spacial score (nSPS) is 15.3. The molecule has 0 aliphatic heterocycles. The predicted octanol–water partition coefficient (Wildman–Crippen LogP) is 3.14. The first-order valence-electron chi connectivity index (χ1n) is 6.69. The molecule has 0 saturated heterocycles. The second-order valence-electron chi connectivity index (χ2n) is 4.99. The van der Waals surface area contributed by atoms with E-state index in [4.69, 9.17) is 9.47 Å². The van der Waals surface area contributed by atoms with Crippen molar-refractivity contribution in [3.05, 3.63) is 17.7 Å². The van der Waals surface area contributed by atoms with Gasteiger partial charge in [0.1, 0.15) is 0 Å². The summed E-state index contributed by atoms with van der Waals surface area (Å²) < 4.78 is 10.5. The average Bonchev–Trinajstić information content (AvgIpc) is 2.94. The Labute approximate surface area is 114 Å². The molecule has 2 rings (SSSR count). The Bertz CT molecular complexity index is 465. The quantitative estimate of drug-likeness (QED) is 0.907. The first-order valence-corrected chi connectivity index (χ1v) is 6.69. The fraction of sp³-hybridized carbons (Fsp3) is 0.533. The molecule has 1 aromatic rings. The lowest BCUT2D eigenvalue weighted by molar-refractivity contribution is -0.119. The van der Waals surface area contributed by atoms with E-state index in [9.17, 15) is 4.79 Å². The molecule has 1 aromatic carbocycles. The molecular weight excluding hydrogens is 242 g/mol. The van der Waals surface area contributed by atoms with Crippen LogP contribution >= 0.6 is 0 Å². The van der Waals surface area contributed by atoms with E-state index < -0.39 is 0 Å². The summed E-state index contributed by atoms with van der Waals surface area (Å²) in [5.41, 5.74) is 1.78. The van der Waals surface area contributed by atoms with Gasteiger partial charge in [-0.1, -0.05) is 12.8 Å². The Morgan fingerprint density at radius 2 is 1.74 bits per heavy atom. The van der Waals surface area contributed by atoms with Gasteiger partial charge >= 0.3 is 0 Å². The molecule has 0 atom stereocenters. The summed E-state index contributed by atoms with van der Waals surface area (Å²) in [6.45, 7) is 1.95. The molecule has 0 bridgehead atoms. The summed E-state index contributed by atoms with van der Waals surface area (Å²) in [6.07, 6.45) is 4.31. The number of rotatable bonds is 4. The van der Waals surface area contributed by atoms with Gasteiger partial charge in [-0.2, -0.15) is 0 Å². The second-order valence-corrected chi connectivity index (χ2v) is 4.99. The predicted molar refractivity (Wildman–Crippen MR) is 74.9 cm³/mol. The van der Waals surface area contributed by atoms with Gasteiger partial charge in [-0.25, -0.2) is 0 Å². The van der Waals surface area contributed by atoms with Gasteiger partial charge in [-0.3, -0.25) is 4.79 Å². The highest BCUT2D eigenvalue weighted by atomic mass is 16.5. The third-order valence-electron chi connectivity index (χ3n) is 3.71. The Balaban J connectivity index is 2.17. The number of methoxy groups -OCH3 is 2. The molecule has 1 N–H and O–H groups in total. The summed E-state index contributed by atoms with van der Waals surface area (Å²) in [5.74, 6) is 1.59. The lowest BCUT2D eigenvalue weighted by Gasteiger charge is -2.15. The van der Waals surface area contributed by atoms with E-state index in [-0.39, 0.29) is 11.8 Å². The minimum absolute atomic E-state index is 0.118. The summed E-state index contributed by atoms with van der Waals surface area (Å²) in [6, 6.07) is 3.70. The number of aryl methyl sites for hydroxylation is 1. The van der Waals surface area contributed by atoms with Crippen molar-refractivity contribution in [1.29, 1.82) is 0 Å². The highest BCUT2D eigenvalue weighted by Crippen LogP contribution is 2.34. The minimum Gasteiger partial charge on any atom is -0.493 e. The molecule has 19 heavy (non-hydrogen) atoms. The molecule has 1 saturated carbocycles. The smallest absolute Gasteiger partial charge is 0.227 e. The fourth-order valence-corrected chi connectivity index (χ4v) is 2.54. The van der Waals surface area contributed by atoms with Crippen LogP contribution in [0.3, 0.4) is 0 Å². The molecule has 1 aliphatic carbocycles. The molecule has 4 nitrogen and oxygen atoms in total. The largest absolute Gasteiger partial charge is 0.493 e. The number of carbonyl (C=O) groups excluding carboxylic acids is 1. The maximum Gasteiger partial charge on any atom is 0.227 e. The average molecular weight is 263 g/mol. The standard InChI is InChI=1S/C15H21NO3/c1-10-8-13(18-2)14(19-3)9-12(10)16-15(17)11-6-4-5-7-11/h8-9,11H,4-7H2,1-3H3,(H,16,17). The van der Waals surface area contributed by atoms with Crippen molar-refractivity contribution in [3.8, 4) is 11.5 Å². The van der Waals surface area contributed by atoms with Crippen molar-refractivity contribution in [2.45, 2.75) is 32.6 Å². The van der Waals surface area contributed by atoms with E-state index in [0.717, 1.165) is 36.9 Å². The summed E-state index contributed by atoms with van der Waals surface area (Å²) in [7, 11) is 3.20. The van der Waals surface area contributed by atoms with E-state index in [1.54, 1.807) is 14.2 Å². The van der Waals surface area contributed by atoms with Gasteiger partial charge in [-0.05, 0) is 31.4 Å². The van der Waals surface area contributed by atoms with Crippen molar-refractivity contribution >= 4 is 11.6 Å². The molecule has 4 heteroatoms. The van der Waals surface area contributed by atoms with E-state index in [1.807, 2.05) is 19.1 Å². The van der Waals surface area contributed by atoms with Crippen LogP contribution in [0.4, 0.5) is 5.69 Å². The van der Waals surface area contributed by atoms with Crippen LogP contribution < -0.4 is 14.8 Å². The molecule has 1 amide bonds. The highest BCUT2D eigenvalue weighted by Gasteiger charge is 2.23. The van der Waals surface area contributed by atoms with Gasteiger partial charge in [0, 0.05) is 17.7 Å². The van der Waals surface area contributed by atoms with E-state index in [0.29, 0.717) is 11.5 Å². The lowest BCUT2D eigenvalue weighted by Crippen LogP contribution is -2.20. The van der Waals surface area contributed by atoms with Crippen molar-refractivity contribution in [1.82, 2.24) is 0 Å². The molecule has 0 aromatic heterocycles. The van der Waals surface area contributed by atoms with Crippen molar-refractivity contribution < 1.29 is 14.3 Å². The zero-order valence-corrected chi connectivity index (χ0v) is 11.8. The summed E-state index contributed by atoms with van der Waals surface area (Å²) in [5, 5.41) is 3.00. The van der Waals surface area contributed by atoms with Gasteiger partial charge in [0.05, 0.1) is 14.2 Å². The van der Waals surface area contributed by atoms with Crippen LogP contribution in [0.15, 0.2) is 12.1 Å². The Kier molecular flexibility index (Phi) is 4.30. The van der Waals surface area contributed by atoms with Gasteiger partial charge in [0.15, 0.2) is 11.5 Å². The van der Waals surface area contributed by atoms with E-state index >= 15 is 0 Å². The Morgan fingerprint density at radius 1 is 1.16 bits per heavy atom. The topological polar surface area (TPSA) is 47.6 Å². The van der Waals surface area contributed by atoms with Gasteiger partial charge in [0.25, 0.3) is 0 Å². The van der Waals surface area contributed by atoms with E-state index in [1.165, 1.54) is 0 Å². The molecule has 1 aliphatic rings. The number of benzene rings is 1. The zero-order valence-electron chi connectivity index (χ0n) is 11.8. The van der Waals surface area contributed by atoms with Crippen LogP contribution in [0.2, 0.25) is 0 Å². The van der Waals surface area contributed by atoms with Crippen LogP contribution in [0.5, 0.6) is 11.5 Å². The number of carbonyl (C=O) groups is 1.